The maximum atomic E-state index is 5.71. The van der Waals surface area contributed by atoms with Crippen LogP contribution in [0.25, 0.3) is 0 Å². The van der Waals surface area contributed by atoms with Gasteiger partial charge < -0.3 is 10.6 Å². The molecule has 0 amide bonds. The van der Waals surface area contributed by atoms with Crippen molar-refractivity contribution in [2.24, 2.45) is 5.73 Å². The van der Waals surface area contributed by atoms with Gasteiger partial charge in [0.05, 0.1) is 5.69 Å². The van der Waals surface area contributed by atoms with E-state index in [1.807, 2.05) is 0 Å². The molecule has 1 aliphatic carbocycles. The second-order valence-electron chi connectivity index (χ2n) is 4.31. The van der Waals surface area contributed by atoms with Crippen LogP contribution in [0.5, 0.6) is 0 Å². The van der Waals surface area contributed by atoms with Crippen molar-refractivity contribution in [2.75, 3.05) is 11.4 Å². The summed E-state index contributed by atoms with van der Waals surface area (Å²) in [7, 11) is 0. The first-order chi connectivity index (χ1) is 7.86. The minimum atomic E-state index is 0.471. The molecule has 0 radical (unpaired) electrons. The van der Waals surface area contributed by atoms with Crippen molar-refractivity contribution >= 4 is 5.82 Å². The van der Waals surface area contributed by atoms with Gasteiger partial charge in [-0.15, -0.1) is 0 Å². The van der Waals surface area contributed by atoms with E-state index < -0.39 is 0 Å². The average Bonchev–Trinajstić information content (AvgIpc) is 3.14. The lowest BCUT2D eigenvalue weighted by Crippen LogP contribution is -2.29. The molecule has 0 spiro atoms. The first-order valence-electron chi connectivity index (χ1n) is 6.13. The van der Waals surface area contributed by atoms with Crippen LogP contribution in [0.15, 0.2) is 12.4 Å². The molecule has 4 nitrogen and oxygen atoms in total. The number of anilines is 1. The summed E-state index contributed by atoms with van der Waals surface area (Å²) in [5.74, 6) is 1.00. The molecule has 2 N–H and O–H groups in total. The lowest BCUT2D eigenvalue weighted by molar-refractivity contribution is 0.696. The molecule has 0 aromatic carbocycles. The Morgan fingerprint density at radius 3 is 2.75 bits per heavy atom. The Balaban J connectivity index is 2.16. The molecule has 16 heavy (non-hydrogen) atoms. The van der Waals surface area contributed by atoms with Crippen molar-refractivity contribution in [1.82, 2.24) is 9.97 Å². The largest absolute Gasteiger partial charge is 0.352 e. The molecule has 1 aliphatic rings. The molecule has 0 atom stereocenters. The Bertz CT molecular complexity index is 336. The maximum Gasteiger partial charge on any atom is 0.151 e. The summed E-state index contributed by atoms with van der Waals surface area (Å²) in [6.45, 7) is 3.76. The highest BCUT2D eigenvalue weighted by Gasteiger charge is 2.30. The van der Waals surface area contributed by atoms with Gasteiger partial charge >= 0.3 is 0 Å². The van der Waals surface area contributed by atoms with E-state index in [9.17, 15) is 0 Å². The first-order valence-corrected chi connectivity index (χ1v) is 6.13. The molecule has 1 aromatic rings. The third-order valence-electron chi connectivity index (χ3n) is 2.96. The van der Waals surface area contributed by atoms with Crippen molar-refractivity contribution < 1.29 is 0 Å². The van der Waals surface area contributed by atoms with Crippen molar-refractivity contribution in [3.63, 3.8) is 0 Å². The molecule has 4 heteroatoms. The average molecular weight is 220 g/mol. The van der Waals surface area contributed by atoms with Crippen molar-refractivity contribution in [3.8, 4) is 0 Å². The van der Waals surface area contributed by atoms with E-state index in [0.29, 0.717) is 12.6 Å². The Hall–Kier alpha value is -1.16. The van der Waals surface area contributed by atoms with Crippen LogP contribution < -0.4 is 10.6 Å². The van der Waals surface area contributed by atoms with Crippen LogP contribution in [-0.4, -0.2) is 22.6 Å². The van der Waals surface area contributed by atoms with E-state index in [1.165, 1.54) is 25.7 Å². The SMILES string of the molecule is CCCCN(c1nccnc1CN)C1CC1. The molecule has 1 heterocycles. The quantitative estimate of drug-likeness (QED) is 0.793. The third-order valence-corrected chi connectivity index (χ3v) is 2.96. The molecule has 88 valence electrons. The highest BCUT2D eigenvalue weighted by Crippen LogP contribution is 2.31. The fourth-order valence-electron chi connectivity index (χ4n) is 1.92. The van der Waals surface area contributed by atoms with Gasteiger partial charge in [0.1, 0.15) is 0 Å². The number of nitrogens with zero attached hydrogens (tertiary/aromatic N) is 3. The summed E-state index contributed by atoms with van der Waals surface area (Å²) in [5.41, 5.74) is 6.63. The van der Waals surface area contributed by atoms with E-state index in [4.69, 9.17) is 5.73 Å². The van der Waals surface area contributed by atoms with E-state index in [-0.39, 0.29) is 0 Å². The van der Waals surface area contributed by atoms with Crippen LogP contribution in [0.1, 0.15) is 38.3 Å². The summed E-state index contributed by atoms with van der Waals surface area (Å²) in [6, 6.07) is 0.675. The second-order valence-corrected chi connectivity index (χ2v) is 4.31. The van der Waals surface area contributed by atoms with E-state index in [0.717, 1.165) is 18.1 Å². The summed E-state index contributed by atoms with van der Waals surface area (Å²) in [4.78, 5) is 11.1. The Labute approximate surface area is 96.9 Å². The van der Waals surface area contributed by atoms with Gasteiger partial charge in [0.2, 0.25) is 0 Å². The fourth-order valence-corrected chi connectivity index (χ4v) is 1.92. The molecule has 0 saturated heterocycles. The van der Waals surface area contributed by atoms with Gasteiger partial charge in [0.15, 0.2) is 5.82 Å². The standard InChI is InChI=1S/C12H20N4/c1-2-3-8-16(10-4-5-10)12-11(9-13)14-6-7-15-12/h6-7,10H,2-5,8-9,13H2,1H3. The molecular weight excluding hydrogens is 200 g/mol. The van der Waals surface area contributed by atoms with Crippen molar-refractivity contribution in [2.45, 2.75) is 45.2 Å². The van der Waals surface area contributed by atoms with Gasteiger partial charge in [-0.2, -0.15) is 0 Å². The van der Waals surface area contributed by atoms with Crippen LogP contribution in [0, 0.1) is 0 Å². The summed E-state index contributed by atoms with van der Waals surface area (Å²) < 4.78 is 0. The van der Waals surface area contributed by atoms with Crippen LogP contribution in [0.3, 0.4) is 0 Å². The molecule has 1 saturated carbocycles. The Morgan fingerprint density at radius 1 is 1.38 bits per heavy atom. The molecule has 1 fully saturated rings. The first kappa shape index (κ1) is 11.3. The predicted octanol–water partition coefficient (Wildman–Crippen LogP) is 1.70. The number of nitrogens with two attached hydrogens (primary N) is 1. The molecular formula is C12H20N4. The van der Waals surface area contributed by atoms with Gasteiger partial charge in [-0.25, -0.2) is 4.98 Å². The van der Waals surface area contributed by atoms with Crippen molar-refractivity contribution in [3.05, 3.63) is 18.1 Å². The summed E-state index contributed by atoms with van der Waals surface area (Å²) in [5, 5.41) is 0. The van der Waals surface area contributed by atoms with E-state index in [2.05, 4.69) is 21.8 Å². The highest BCUT2D eigenvalue weighted by atomic mass is 15.2. The highest BCUT2D eigenvalue weighted by molar-refractivity contribution is 5.45. The Kier molecular flexibility index (Phi) is 3.72. The van der Waals surface area contributed by atoms with Crippen LogP contribution in [-0.2, 0) is 6.54 Å². The maximum absolute atomic E-state index is 5.71. The zero-order valence-corrected chi connectivity index (χ0v) is 9.89. The molecule has 2 rings (SSSR count). The molecule has 0 bridgehead atoms. The molecule has 0 aliphatic heterocycles. The second kappa shape index (κ2) is 5.25. The zero-order valence-electron chi connectivity index (χ0n) is 9.89. The molecule has 1 aromatic heterocycles. The monoisotopic (exact) mass is 220 g/mol. The fraction of sp³-hybridized carbons (Fsp3) is 0.667. The molecule has 0 unspecified atom stereocenters. The van der Waals surface area contributed by atoms with E-state index in [1.54, 1.807) is 12.4 Å². The lowest BCUT2D eigenvalue weighted by atomic mass is 10.3. The van der Waals surface area contributed by atoms with Crippen LogP contribution in [0.2, 0.25) is 0 Å². The van der Waals surface area contributed by atoms with Crippen LogP contribution >= 0.6 is 0 Å². The summed E-state index contributed by atoms with van der Waals surface area (Å²) >= 11 is 0. The topological polar surface area (TPSA) is 55.0 Å². The van der Waals surface area contributed by atoms with Crippen LogP contribution in [0.4, 0.5) is 5.82 Å². The number of hydrogen-bond donors (Lipinski definition) is 1. The Morgan fingerprint density at radius 2 is 2.12 bits per heavy atom. The minimum absolute atomic E-state index is 0.471. The van der Waals surface area contributed by atoms with Gasteiger partial charge in [-0.1, -0.05) is 13.3 Å². The van der Waals surface area contributed by atoms with Gasteiger partial charge in [0.25, 0.3) is 0 Å². The summed E-state index contributed by atoms with van der Waals surface area (Å²) in [6.07, 6.45) is 8.46. The number of aromatic nitrogens is 2. The normalized spacial score (nSPS) is 15.1. The number of unbranched alkanes of at least 4 members (excludes halogenated alkanes) is 1. The van der Waals surface area contributed by atoms with E-state index >= 15 is 0 Å². The number of hydrogen-bond acceptors (Lipinski definition) is 4. The number of rotatable bonds is 6. The predicted molar refractivity (Wildman–Crippen MR) is 65.2 cm³/mol. The smallest absolute Gasteiger partial charge is 0.151 e. The van der Waals surface area contributed by atoms with Crippen molar-refractivity contribution in [1.29, 1.82) is 0 Å². The lowest BCUT2D eigenvalue weighted by Gasteiger charge is -2.24. The third kappa shape index (κ3) is 2.50. The van der Waals surface area contributed by atoms with Gasteiger partial charge in [-0.05, 0) is 19.3 Å². The van der Waals surface area contributed by atoms with Gasteiger partial charge in [-0.3, -0.25) is 4.98 Å². The zero-order chi connectivity index (χ0) is 11.4. The van der Waals surface area contributed by atoms with Gasteiger partial charge in [0, 0.05) is 31.5 Å². The minimum Gasteiger partial charge on any atom is -0.352 e.